The highest BCUT2D eigenvalue weighted by Crippen LogP contribution is 2.16. The molecule has 0 aliphatic heterocycles. The molecule has 0 aliphatic carbocycles. The predicted octanol–water partition coefficient (Wildman–Crippen LogP) is 3.03. The van der Waals surface area contributed by atoms with Crippen molar-refractivity contribution < 1.29 is 14.3 Å². The molecule has 5 nitrogen and oxygen atoms in total. The van der Waals surface area contributed by atoms with E-state index in [1.165, 1.54) is 11.6 Å². The van der Waals surface area contributed by atoms with E-state index in [0.29, 0.717) is 18.4 Å². The average molecular weight is 328 g/mol. The van der Waals surface area contributed by atoms with E-state index in [4.69, 9.17) is 10.00 Å². The predicted molar refractivity (Wildman–Crippen MR) is 92.9 cm³/mol. The Morgan fingerprint density at radius 1 is 1.21 bits per heavy atom. The molecule has 128 valence electrons. The van der Waals surface area contributed by atoms with E-state index in [1.807, 2.05) is 44.2 Å². The maximum Gasteiger partial charge on any atom is 0.349 e. The molecule has 1 aromatic rings. The van der Waals surface area contributed by atoms with E-state index >= 15 is 0 Å². The first-order chi connectivity index (χ1) is 11.3. The number of carbonyl (C=O) groups excluding carboxylic acids is 2. The number of carbonyl (C=O) groups is 2. The molecule has 1 amide bonds. The van der Waals surface area contributed by atoms with Gasteiger partial charge in [0.2, 0.25) is 0 Å². The maximum absolute atomic E-state index is 11.9. The van der Waals surface area contributed by atoms with Crippen LogP contribution in [0.1, 0.15) is 44.7 Å². The average Bonchev–Trinajstić information content (AvgIpc) is 2.55. The standard InChI is InChI=1S/C19H24N2O3/c1-13(2)11-21-18(22)12-24-19(23)17(10-20)9-15-5-7-16(8-6-15)14(3)4/h5-9,13-14H,11-12H2,1-4H3,(H,21,22)/b17-9+. The zero-order valence-corrected chi connectivity index (χ0v) is 14.6. The van der Waals surface area contributed by atoms with Gasteiger partial charge in [-0.05, 0) is 29.0 Å². The number of rotatable bonds is 7. The highest BCUT2D eigenvalue weighted by Gasteiger charge is 2.13. The molecule has 5 heteroatoms. The van der Waals surface area contributed by atoms with Gasteiger partial charge in [0, 0.05) is 6.54 Å². The van der Waals surface area contributed by atoms with E-state index in [2.05, 4.69) is 19.2 Å². The molecule has 0 radical (unpaired) electrons. The highest BCUT2D eigenvalue weighted by molar-refractivity contribution is 5.98. The van der Waals surface area contributed by atoms with E-state index < -0.39 is 12.6 Å². The molecular weight excluding hydrogens is 304 g/mol. The number of esters is 1. The minimum absolute atomic E-state index is 0.135. The Bertz CT molecular complexity index is 638. The normalized spacial score (nSPS) is 11.3. The molecule has 0 unspecified atom stereocenters. The number of amides is 1. The first-order valence-corrected chi connectivity index (χ1v) is 7.99. The number of ether oxygens (including phenoxy) is 1. The van der Waals surface area contributed by atoms with Gasteiger partial charge in [0.05, 0.1) is 0 Å². The van der Waals surface area contributed by atoms with Crippen molar-refractivity contribution in [2.45, 2.75) is 33.6 Å². The lowest BCUT2D eigenvalue weighted by Crippen LogP contribution is -2.31. The molecule has 1 aromatic carbocycles. The van der Waals surface area contributed by atoms with E-state index in [-0.39, 0.29) is 11.5 Å². The second kappa shape index (κ2) is 9.51. The molecule has 0 saturated heterocycles. The Labute approximate surface area is 143 Å². The van der Waals surface area contributed by atoms with Crippen molar-refractivity contribution >= 4 is 18.0 Å². The van der Waals surface area contributed by atoms with Crippen LogP contribution in [0, 0.1) is 17.2 Å². The van der Waals surface area contributed by atoms with Crippen LogP contribution >= 0.6 is 0 Å². The van der Waals surface area contributed by atoms with Crippen molar-refractivity contribution in [3.05, 3.63) is 41.0 Å². The van der Waals surface area contributed by atoms with E-state index in [9.17, 15) is 9.59 Å². The lowest BCUT2D eigenvalue weighted by molar-refractivity contribution is -0.144. The van der Waals surface area contributed by atoms with Crippen LogP contribution in [0.2, 0.25) is 0 Å². The van der Waals surface area contributed by atoms with Gasteiger partial charge in [-0.25, -0.2) is 4.79 Å². The topological polar surface area (TPSA) is 79.2 Å². The lowest BCUT2D eigenvalue weighted by Gasteiger charge is -2.08. The van der Waals surface area contributed by atoms with Crippen LogP contribution in [0.4, 0.5) is 0 Å². The fourth-order valence-electron chi connectivity index (χ4n) is 1.86. The largest absolute Gasteiger partial charge is 0.451 e. The lowest BCUT2D eigenvalue weighted by atomic mass is 10.0. The third-order valence-corrected chi connectivity index (χ3v) is 3.30. The van der Waals surface area contributed by atoms with Crippen LogP contribution in [-0.4, -0.2) is 25.0 Å². The summed E-state index contributed by atoms with van der Waals surface area (Å²) in [5, 5.41) is 11.8. The van der Waals surface area contributed by atoms with Crippen LogP contribution in [0.5, 0.6) is 0 Å². The smallest absolute Gasteiger partial charge is 0.349 e. The molecule has 24 heavy (non-hydrogen) atoms. The van der Waals surface area contributed by atoms with Crippen LogP contribution < -0.4 is 5.32 Å². The van der Waals surface area contributed by atoms with Crippen molar-refractivity contribution in [1.82, 2.24) is 5.32 Å². The van der Waals surface area contributed by atoms with E-state index in [0.717, 1.165) is 5.56 Å². The van der Waals surface area contributed by atoms with Crippen molar-refractivity contribution in [1.29, 1.82) is 5.26 Å². The second-order valence-corrected chi connectivity index (χ2v) is 6.27. The summed E-state index contributed by atoms with van der Waals surface area (Å²) in [7, 11) is 0. The van der Waals surface area contributed by atoms with Crippen molar-refractivity contribution in [2.24, 2.45) is 5.92 Å². The van der Waals surface area contributed by atoms with Crippen LogP contribution in [-0.2, 0) is 14.3 Å². The molecule has 0 heterocycles. The molecule has 1 N–H and O–H groups in total. The Balaban J connectivity index is 2.66. The van der Waals surface area contributed by atoms with Gasteiger partial charge in [-0.1, -0.05) is 52.0 Å². The number of hydrogen-bond donors (Lipinski definition) is 1. The fraction of sp³-hybridized carbons (Fsp3) is 0.421. The third-order valence-electron chi connectivity index (χ3n) is 3.30. The van der Waals surface area contributed by atoms with Gasteiger partial charge in [-0.2, -0.15) is 5.26 Å². The van der Waals surface area contributed by atoms with Crippen molar-refractivity contribution in [2.75, 3.05) is 13.2 Å². The number of benzene rings is 1. The van der Waals surface area contributed by atoms with Gasteiger partial charge < -0.3 is 10.1 Å². The van der Waals surface area contributed by atoms with Gasteiger partial charge in [-0.3, -0.25) is 4.79 Å². The highest BCUT2D eigenvalue weighted by atomic mass is 16.5. The molecular formula is C19H24N2O3. The van der Waals surface area contributed by atoms with Crippen molar-refractivity contribution in [3.8, 4) is 6.07 Å². The summed E-state index contributed by atoms with van der Waals surface area (Å²) in [6, 6.07) is 9.41. The zero-order chi connectivity index (χ0) is 18.1. The first-order valence-electron chi connectivity index (χ1n) is 7.99. The number of nitriles is 1. The minimum atomic E-state index is -0.801. The number of hydrogen-bond acceptors (Lipinski definition) is 4. The van der Waals surface area contributed by atoms with Gasteiger partial charge in [0.15, 0.2) is 6.61 Å². The number of nitrogens with zero attached hydrogens (tertiary/aromatic N) is 1. The van der Waals surface area contributed by atoms with Crippen LogP contribution in [0.3, 0.4) is 0 Å². The SMILES string of the molecule is CC(C)CNC(=O)COC(=O)/C(C#N)=C/c1ccc(C(C)C)cc1. The summed E-state index contributed by atoms with van der Waals surface area (Å²) in [6.45, 7) is 8.23. The van der Waals surface area contributed by atoms with Gasteiger partial charge in [0.1, 0.15) is 11.6 Å². The second-order valence-electron chi connectivity index (χ2n) is 6.27. The third kappa shape index (κ3) is 6.66. The molecule has 0 spiro atoms. The molecule has 0 saturated carbocycles. The summed E-state index contributed by atoms with van der Waals surface area (Å²) >= 11 is 0. The molecule has 0 aromatic heterocycles. The molecule has 1 rings (SSSR count). The summed E-state index contributed by atoms with van der Waals surface area (Å²) in [5.41, 5.74) is 1.77. The molecule has 0 atom stereocenters. The maximum atomic E-state index is 11.9. The first kappa shape index (κ1) is 19.4. The van der Waals surface area contributed by atoms with Gasteiger partial charge in [-0.15, -0.1) is 0 Å². The Hall–Kier alpha value is -2.61. The van der Waals surface area contributed by atoms with E-state index in [1.54, 1.807) is 0 Å². The van der Waals surface area contributed by atoms with Crippen LogP contribution in [0.25, 0.3) is 6.08 Å². The Kier molecular flexibility index (Phi) is 7.70. The summed E-state index contributed by atoms with van der Waals surface area (Å²) in [4.78, 5) is 23.4. The summed E-state index contributed by atoms with van der Waals surface area (Å²) in [6.07, 6.45) is 1.46. The monoisotopic (exact) mass is 328 g/mol. The number of nitrogens with one attached hydrogen (secondary N) is 1. The fourth-order valence-corrected chi connectivity index (χ4v) is 1.86. The molecule has 0 bridgehead atoms. The summed E-state index contributed by atoms with van der Waals surface area (Å²) < 4.78 is 4.88. The zero-order valence-electron chi connectivity index (χ0n) is 14.6. The van der Waals surface area contributed by atoms with Crippen molar-refractivity contribution in [3.63, 3.8) is 0 Å². The summed E-state index contributed by atoms with van der Waals surface area (Å²) in [5.74, 6) is -0.457. The van der Waals surface area contributed by atoms with Gasteiger partial charge >= 0.3 is 5.97 Å². The molecule has 0 aliphatic rings. The molecule has 0 fully saturated rings. The van der Waals surface area contributed by atoms with Crippen LogP contribution in [0.15, 0.2) is 29.8 Å². The quantitative estimate of drug-likeness (QED) is 0.474. The Morgan fingerprint density at radius 2 is 1.83 bits per heavy atom. The minimum Gasteiger partial charge on any atom is -0.451 e. The van der Waals surface area contributed by atoms with Gasteiger partial charge in [0.25, 0.3) is 5.91 Å². The Morgan fingerprint density at radius 3 is 2.33 bits per heavy atom.